The summed E-state index contributed by atoms with van der Waals surface area (Å²) in [5.74, 6) is 7.70. The SMILES string of the molecule is CC(C)(C)c1ccnc(-n2ncc3ncc(Oc4[c-]c(N5C=CN(C(C)(C)C)[CH-]5)ccc4)[c-]c32)c1.CC(C)c1ccnc(-n2ncc3ncc(Oc4[c-]c(N5C=CN(C)[CH-]5)ccc4)[c-]c32)c1.CN1C=CN(c2[c-]c(Oc3[c-]c4c(cnn4-c4cc(C(C)(C)C)ccn4)nc3)ccc2)[CH-]1.Cc1ccc(N2C=CN(c3[c-]c(Oc4[c-]c5c(cc4)cnn5-c4cc(C(C)(C)C)ccn4)ccc3)[CH-]2)cc1.[Pt].[Pt].[Pt].[Pt]. The van der Waals surface area contributed by atoms with E-state index >= 15 is 0 Å². The number of fused-ring (bicyclic) bond motifs is 4. The molecule has 0 bridgehead atoms. The molecule has 140 heavy (non-hydrogen) atoms. The molecule has 0 saturated carbocycles. The van der Waals surface area contributed by atoms with E-state index in [9.17, 15) is 0 Å². The van der Waals surface area contributed by atoms with E-state index in [-0.39, 0.29) is 106 Å². The quantitative estimate of drug-likeness (QED) is 0.0728. The van der Waals surface area contributed by atoms with E-state index in [4.69, 9.17) is 18.9 Å². The summed E-state index contributed by atoms with van der Waals surface area (Å²) in [6.45, 7) is 40.5. The fraction of sp³-hybridized carbons (Fsp3) is 0.202. The number of anilines is 5. The van der Waals surface area contributed by atoms with E-state index in [1.807, 2.05) is 260 Å². The maximum absolute atomic E-state index is 6.20. The molecule has 17 aromatic rings. The van der Waals surface area contributed by atoms with Crippen LogP contribution in [-0.2, 0) is 101 Å². The maximum Gasteiger partial charge on any atom is 0.151 e. The number of hydrogen-bond acceptors (Lipinski definition) is 23. The second-order valence-corrected chi connectivity index (χ2v) is 37.3. The first-order chi connectivity index (χ1) is 65.3. The van der Waals surface area contributed by atoms with Crippen LogP contribution in [0.4, 0.5) is 28.4 Å². The summed E-state index contributed by atoms with van der Waals surface area (Å²) in [6, 6.07) is 78.3. The third-order valence-corrected chi connectivity index (χ3v) is 22.5. The van der Waals surface area contributed by atoms with E-state index in [0.29, 0.717) is 68.5 Å². The van der Waals surface area contributed by atoms with Crippen LogP contribution in [0, 0.1) is 82.1 Å². The maximum atomic E-state index is 6.20. The van der Waals surface area contributed by atoms with Crippen molar-refractivity contribution in [3.63, 3.8) is 0 Å². The number of aryl methyl sites for hydroxylation is 1. The Kier molecular flexibility index (Phi) is 31.9. The average molecular weight is 2580 g/mol. The first-order valence-corrected chi connectivity index (χ1v) is 44.5. The molecule has 0 radical (unpaired) electrons. The fourth-order valence-electron chi connectivity index (χ4n) is 14.7. The van der Waals surface area contributed by atoms with Gasteiger partial charge in [0.25, 0.3) is 0 Å². The van der Waals surface area contributed by atoms with E-state index < -0.39 is 0 Å². The second kappa shape index (κ2) is 43.5. The Morgan fingerprint density at radius 3 is 1.02 bits per heavy atom. The largest absolute Gasteiger partial charge is 0.510 e. The number of pyridine rings is 7. The molecule has 0 spiro atoms. The smallest absolute Gasteiger partial charge is 0.151 e. The minimum absolute atomic E-state index is 0. The molecule has 0 atom stereocenters. The van der Waals surface area contributed by atoms with Gasteiger partial charge in [-0.2, -0.15) is 70.7 Å². The van der Waals surface area contributed by atoms with Crippen molar-refractivity contribution < 1.29 is 103 Å². The van der Waals surface area contributed by atoms with E-state index in [0.717, 1.165) is 79.2 Å². The predicted octanol–water partition coefficient (Wildman–Crippen LogP) is 22.9. The summed E-state index contributed by atoms with van der Waals surface area (Å²) in [5, 5.41) is 19.0. The fourth-order valence-corrected chi connectivity index (χ4v) is 14.7. The van der Waals surface area contributed by atoms with Gasteiger partial charge in [0.15, 0.2) is 23.3 Å². The van der Waals surface area contributed by atoms with Gasteiger partial charge in [-0.1, -0.05) is 99.2 Å². The van der Waals surface area contributed by atoms with E-state index in [1.54, 1.807) is 68.3 Å². The topological polar surface area (TPSA) is 224 Å². The number of aromatic nitrogens is 15. The molecule has 0 saturated heterocycles. The van der Waals surface area contributed by atoms with Crippen LogP contribution >= 0.6 is 0 Å². The minimum Gasteiger partial charge on any atom is -0.510 e. The van der Waals surface area contributed by atoms with Gasteiger partial charge in [-0.15, -0.1) is 133 Å². The summed E-state index contributed by atoms with van der Waals surface area (Å²) in [5.41, 5.74) is 15.7. The molecule has 27 nitrogen and oxygen atoms in total. The molecule has 31 heteroatoms. The number of rotatable bonds is 18. The first-order valence-electron chi connectivity index (χ1n) is 44.5. The van der Waals surface area contributed by atoms with Crippen LogP contribution in [0.25, 0.3) is 67.3 Å². The zero-order valence-corrected chi connectivity index (χ0v) is 89.1. The molecular weight excluding hydrogens is 2480 g/mol. The van der Waals surface area contributed by atoms with Gasteiger partial charge in [0, 0.05) is 191 Å². The Morgan fingerprint density at radius 2 is 0.643 bits per heavy atom. The van der Waals surface area contributed by atoms with Crippen molar-refractivity contribution in [1.82, 2.24) is 88.7 Å². The molecule has 4 aliphatic heterocycles. The molecule has 0 unspecified atom stereocenters. The van der Waals surface area contributed by atoms with Crippen LogP contribution in [0.1, 0.15) is 131 Å². The Balaban J connectivity index is 0.000000148. The normalized spacial score (nSPS) is 13.4. The van der Waals surface area contributed by atoms with Crippen molar-refractivity contribution in [1.29, 1.82) is 0 Å². The molecule has 11 aromatic heterocycles. The van der Waals surface area contributed by atoms with E-state index in [1.165, 1.54) is 27.8 Å². The van der Waals surface area contributed by atoms with Crippen molar-refractivity contribution in [2.24, 2.45) is 0 Å². The third kappa shape index (κ3) is 24.2. The van der Waals surface area contributed by atoms with Gasteiger partial charge in [-0.3, -0.25) is 0 Å². The molecule has 0 aliphatic carbocycles. The van der Waals surface area contributed by atoms with Crippen molar-refractivity contribution in [2.45, 2.75) is 132 Å². The minimum atomic E-state index is -0.000389. The molecule has 15 heterocycles. The zero-order chi connectivity index (χ0) is 94.7. The van der Waals surface area contributed by atoms with Gasteiger partial charge in [-0.05, 0) is 254 Å². The van der Waals surface area contributed by atoms with Crippen LogP contribution in [0.15, 0.2) is 275 Å². The monoisotopic (exact) mass is 2580 g/mol. The third-order valence-electron chi connectivity index (χ3n) is 22.5. The Labute approximate surface area is 875 Å². The van der Waals surface area contributed by atoms with Gasteiger partial charge in [0.2, 0.25) is 0 Å². The summed E-state index contributed by atoms with van der Waals surface area (Å²) >= 11 is 0. The van der Waals surface area contributed by atoms with E-state index in [2.05, 4.69) is 254 Å². The number of ether oxygens (including phenoxy) is 4. The Morgan fingerprint density at radius 1 is 0.307 bits per heavy atom. The van der Waals surface area contributed by atoms with Crippen molar-refractivity contribution in [2.75, 3.05) is 38.6 Å². The van der Waals surface area contributed by atoms with Crippen LogP contribution in [-0.4, -0.2) is 108 Å². The summed E-state index contributed by atoms with van der Waals surface area (Å²) in [6.07, 6.45) is 35.1. The molecule has 0 N–H and O–H groups in total. The van der Waals surface area contributed by atoms with Crippen LogP contribution < -0.4 is 43.4 Å². The van der Waals surface area contributed by atoms with Gasteiger partial charge < -0.3 is 73.1 Å². The van der Waals surface area contributed by atoms with Crippen molar-refractivity contribution >= 4 is 72.4 Å². The molecule has 0 amide bonds. The van der Waals surface area contributed by atoms with Gasteiger partial charge >= 0.3 is 0 Å². The molecule has 4 aliphatic rings. The number of benzene rings is 6. The molecule has 0 fully saturated rings. The standard InChI is InChI=1S/C32H28N5O.C28H29N6O.C25H23N6O.C24H21N6O.4Pt/c1-23-8-11-26(12-9-23)35-16-17-36(22-35)27-6-5-7-28(19-27)38-29-13-10-24-21-34-37(30(24)20-29)31-18-25(14-15-33-31)32(2,3)4;1-27(2,3)20-10-11-29-26(14-20)34-25-16-23(17-30-24(25)18-31-34)35-22-9-7-8-21(15-22)32-12-13-33(19-32)28(4,5)6;1-25(2,3)18-8-9-26-24(12-18)31-23-14-21(15-27-22(23)16-28-31)32-20-7-5-6-19(13-20)30-11-10-29(4)17-30;1-17(2)18-7-8-25-24(11-18)30-23-13-21(14-26-22(23)15-27-30)31-20-6-4-5-19(12-20)29-10-9-28(3)16-29;;;;/h5-18,21-22H,1-4H3;7-14,17-19H,1-6H3;5-12,15-17H,1-4H3;4-11,14-17H,1-3H3;;;;/q4*-3;;;;. The Bertz CT molecular complexity index is 7330. The molecule has 728 valence electrons. The average Bonchev–Trinajstić information content (AvgIpc) is 1.63. The summed E-state index contributed by atoms with van der Waals surface area (Å²) in [4.78, 5) is 47.7. The van der Waals surface area contributed by atoms with Gasteiger partial charge in [0.1, 0.15) is 0 Å². The van der Waals surface area contributed by atoms with Gasteiger partial charge in [0.05, 0.1) is 0 Å². The van der Waals surface area contributed by atoms with Crippen LogP contribution in [0.2, 0.25) is 0 Å². The molecule has 6 aromatic carbocycles. The van der Waals surface area contributed by atoms with Crippen molar-refractivity contribution in [3.05, 3.63) is 379 Å². The predicted molar refractivity (Wildman–Crippen MR) is 530 cm³/mol. The second-order valence-electron chi connectivity index (χ2n) is 37.3. The number of hydrogen-bond donors (Lipinski definition) is 0. The Hall–Kier alpha value is -13.4. The van der Waals surface area contributed by atoms with Crippen LogP contribution in [0.5, 0.6) is 46.0 Å². The number of nitrogens with zero attached hydrogens (tertiary/aromatic N) is 23. The molecular formula is C109H101N23O4Pt4-12. The van der Waals surface area contributed by atoms with Crippen LogP contribution in [0.3, 0.4) is 0 Å². The van der Waals surface area contributed by atoms with Gasteiger partial charge in [-0.25, -0.2) is 38.7 Å². The zero-order valence-electron chi connectivity index (χ0n) is 80.1. The first kappa shape index (κ1) is 102. The summed E-state index contributed by atoms with van der Waals surface area (Å²) in [7, 11) is 3.95. The molecule has 21 rings (SSSR count). The van der Waals surface area contributed by atoms with Crippen molar-refractivity contribution in [3.8, 4) is 69.3 Å². The summed E-state index contributed by atoms with van der Waals surface area (Å²) < 4.78 is 31.4.